The Kier molecular flexibility index (Phi) is 6.38. The van der Waals surface area contributed by atoms with Gasteiger partial charge < -0.3 is 9.15 Å². The lowest BCUT2D eigenvalue weighted by Gasteiger charge is -2.25. The number of rotatable bonds is 6. The first kappa shape index (κ1) is 22.2. The molecule has 0 radical (unpaired) electrons. The molecule has 1 saturated heterocycles. The molecule has 2 aromatic carbocycles. The molecule has 9 heteroatoms. The van der Waals surface area contributed by atoms with Crippen molar-refractivity contribution in [1.82, 2.24) is 14.5 Å². The van der Waals surface area contributed by atoms with Gasteiger partial charge in [0.15, 0.2) is 6.10 Å². The molecule has 2 heterocycles. The number of sulfonamides is 1. The Morgan fingerprint density at radius 2 is 1.66 bits per heavy atom. The summed E-state index contributed by atoms with van der Waals surface area (Å²) in [6, 6.07) is 13.4. The maximum absolute atomic E-state index is 12.8. The van der Waals surface area contributed by atoms with Gasteiger partial charge in [0.05, 0.1) is 10.5 Å². The number of esters is 1. The van der Waals surface area contributed by atoms with Gasteiger partial charge >= 0.3 is 5.97 Å². The van der Waals surface area contributed by atoms with Crippen molar-refractivity contribution in [2.75, 3.05) is 13.1 Å². The molecule has 168 valence electrons. The van der Waals surface area contributed by atoms with E-state index < -0.39 is 22.1 Å². The van der Waals surface area contributed by atoms with Crippen molar-refractivity contribution in [1.29, 1.82) is 0 Å². The van der Waals surface area contributed by atoms with Crippen molar-refractivity contribution in [3.8, 4) is 11.5 Å². The Morgan fingerprint density at radius 3 is 2.31 bits per heavy atom. The fourth-order valence-corrected chi connectivity index (χ4v) is 5.03. The van der Waals surface area contributed by atoms with Crippen LogP contribution in [-0.2, 0) is 14.8 Å². The number of ether oxygens (including phenoxy) is 1. The number of aryl methyl sites for hydroxylation is 1. The third-order valence-electron chi connectivity index (χ3n) is 5.41. The summed E-state index contributed by atoms with van der Waals surface area (Å²) in [5.74, 6) is -0.0806. The normalized spacial score (nSPS) is 15.9. The first-order valence-corrected chi connectivity index (χ1v) is 12.0. The molecule has 4 rings (SSSR count). The summed E-state index contributed by atoms with van der Waals surface area (Å²) < 4.78 is 38.1. The fraction of sp³-hybridized carbons (Fsp3) is 0.348. The standard InChI is InChI=1S/C23H25N3O5S/c1-16-6-8-18(9-7-16)22-25-24-21(31-22)17(2)30-23(27)19-10-12-20(13-11-19)32(28,29)26-14-4-3-5-15-26/h6-13,17H,3-5,14-15H2,1-2H3. The van der Waals surface area contributed by atoms with Crippen molar-refractivity contribution in [2.24, 2.45) is 0 Å². The molecule has 0 bridgehead atoms. The van der Waals surface area contributed by atoms with Gasteiger partial charge in [-0.2, -0.15) is 4.31 Å². The van der Waals surface area contributed by atoms with Gasteiger partial charge in [0, 0.05) is 18.7 Å². The van der Waals surface area contributed by atoms with Gasteiger partial charge in [0.1, 0.15) is 0 Å². The third kappa shape index (κ3) is 4.73. The third-order valence-corrected chi connectivity index (χ3v) is 7.33. The molecule has 0 spiro atoms. The van der Waals surface area contributed by atoms with Crippen molar-refractivity contribution < 1.29 is 22.4 Å². The quantitative estimate of drug-likeness (QED) is 0.515. The van der Waals surface area contributed by atoms with Crippen LogP contribution in [0.1, 0.15) is 54.1 Å². The number of aromatic nitrogens is 2. The van der Waals surface area contributed by atoms with E-state index in [-0.39, 0.29) is 16.3 Å². The molecule has 0 saturated carbocycles. The van der Waals surface area contributed by atoms with E-state index in [1.54, 1.807) is 6.92 Å². The van der Waals surface area contributed by atoms with Crippen molar-refractivity contribution in [3.05, 3.63) is 65.5 Å². The van der Waals surface area contributed by atoms with Crippen LogP contribution in [0.15, 0.2) is 57.8 Å². The number of hydrogen-bond acceptors (Lipinski definition) is 7. The van der Waals surface area contributed by atoms with Crippen LogP contribution >= 0.6 is 0 Å². The first-order chi connectivity index (χ1) is 15.3. The van der Waals surface area contributed by atoms with Gasteiger partial charge in [-0.25, -0.2) is 13.2 Å². The lowest BCUT2D eigenvalue weighted by Crippen LogP contribution is -2.35. The Labute approximate surface area is 187 Å². The Bertz CT molecular complexity index is 1180. The SMILES string of the molecule is Cc1ccc(-c2nnc(C(C)OC(=O)c3ccc(S(=O)(=O)N4CCCCC4)cc3)o2)cc1. The molecule has 8 nitrogen and oxygen atoms in total. The Balaban J connectivity index is 1.42. The molecule has 1 fully saturated rings. The molecule has 1 unspecified atom stereocenters. The Morgan fingerprint density at radius 1 is 1.00 bits per heavy atom. The zero-order valence-electron chi connectivity index (χ0n) is 18.0. The number of benzene rings is 2. The minimum absolute atomic E-state index is 0.170. The summed E-state index contributed by atoms with van der Waals surface area (Å²) in [4.78, 5) is 12.7. The molecule has 1 aromatic heterocycles. The summed E-state index contributed by atoms with van der Waals surface area (Å²) in [5.41, 5.74) is 2.14. The molecule has 0 aliphatic carbocycles. The molecule has 0 amide bonds. The van der Waals surface area contributed by atoms with E-state index in [0.717, 1.165) is 30.4 Å². The molecule has 3 aromatic rings. The summed E-state index contributed by atoms with van der Waals surface area (Å²) in [6.45, 7) is 4.68. The number of nitrogens with zero attached hydrogens (tertiary/aromatic N) is 3. The topological polar surface area (TPSA) is 103 Å². The average Bonchev–Trinajstić information content (AvgIpc) is 3.31. The number of carbonyl (C=O) groups excluding carboxylic acids is 1. The average molecular weight is 456 g/mol. The van der Waals surface area contributed by atoms with E-state index in [1.165, 1.54) is 28.6 Å². The zero-order valence-corrected chi connectivity index (χ0v) is 18.8. The minimum atomic E-state index is -3.55. The largest absolute Gasteiger partial charge is 0.449 e. The van der Waals surface area contributed by atoms with Crippen LogP contribution in [0.5, 0.6) is 0 Å². The van der Waals surface area contributed by atoms with Crippen LogP contribution in [0.4, 0.5) is 0 Å². The van der Waals surface area contributed by atoms with Crippen LogP contribution in [0.2, 0.25) is 0 Å². The predicted octanol–water partition coefficient (Wildman–Crippen LogP) is 4.14. The maximum Gasteiger partial charge on any atom is 0.338 e. The van der Waals surface area contributed by atoms with Gasteiger partial charge in [-0.05, 0) is 63.1 Å². The van der Waals surface area contributed by atoms with Gasteiger partial charge in [-0.3, -0.25) is 0 Å². The van der Waals surface area contributed by atoms with E-state index in [0.29, 0.717) is 19.0 Å². The van der Waals surface area contributed by atoms with Crippen LogP contribution in [0.25, 0.3) is 11.5 Å². The van der Waals surface area contributed by atoms with Crippen LogP contribution in [0, 0.1) is 6.92 Å². The van der Waals surface area contributed by atoms with Gasteiger partial charge in [-0.1, -0.05) is 24.1 Å². The van der Waals surface area contributed by atoms with E-state index >= 15 is 0 Å². The lowest BCUT2D eigenvalue weighted by molar-refractivity contribution is 0.0279. The second-order valence-corrected chi connectivity index (χ2v) is 9.79. The van der Waals surface area contributed by atoms with Crippen LogP contribution < -0.4 is 0 Å². The molecular formula is C23H25N3O5S. The van der Waals surface area contributed by atoms with E-state index in [2.05, 4.69) is 10.2 Å². The summed E-state index contributed by atoms with van der Waals surface area (Å²) >= 11 is 0. The van der Waals surface area contributed by atoms with Crippen molar-refractivity contribution in [2.45, 2.75) is 44.1 Å². The molecule has 1 aliphatic rings. The summed E-state index contributed by atoms with van der Waals surface area (Å²) in [6.07, 6.45) is 2.01. The zero-order chi connectivity index (χ0) is 22.7. The molecule has 0 N–H and O–H groups in total. The summed E-state index contributed by atoms with van der Waals surface area (Å²) in [5, 5.41) is 8.00. The number of carbonyl (C=O) groups is 1. The summed E-state index contributed by atoms with van der Waals surface area (Å²) in [7, 11) is -3.55. The number of piperidine rings is 1. The monoisotopic (exact) mass is 455 g/mol. The highest BCUT2D eigenvalue weighted by Gasteiger charge is 2.26. The minimum Gasteiger partial charge on any atom is -0.449 e. The van der Waals surface area contributed by atoms with E-state index in [1.807, 2.05) is 31.2 Å². The maximum atomic E-state index is 12.8. The Hall–Kier alpha value is -3.04. The molecule has 1 aliphatic heterocycles. The van der Waals surface area contributed by atoms with Crippen LogP contribution in [-0.4, -0.2) is 42.0 Å². The molecule has 32 heavy (non-hydrogen) atoms. The highest BCUT2D eigenvalue weighted by molar-refractivity contribution is 7.89. The smallest absolute Gasteiger partial charge is 0.338 e. The second-order valence-electron chi connectivity index (χ2n) is 7.85. The second kappa shape index (κ2) is 9.22. The van der Waals surface area contributed by atoms with Crippen molar-refractivity contribution in [3.63, 3.8) is 0 Å². The van der Waals surface area contributed by atoms with Gasteiger partial charge in [0.2, 0.25) is 15.9 Å². The van der Waals surface area contributed by atoms with E-state index in [9.17, 15) is 13.2 Å². The first-order valence-electron chi connectivity index (χ1n) is 10.6. The van der Waals surface area contributed by atoms with E-state index in [4.69, 9.17) is 9.15 Å². The van der Waals surface area contributed by atoms with Gasteiger partial charge in [-0.15, -0.1) is 10.2 Å². The fourth-order valence-electron chi connectivity index (χ4n) is 3.51. The molecule has 1 atom stereocenters. The highest BCUT2D eigenvalue weighted by atomic mass is 32.2. The predicted molar refractivity (Wildman–Crippen MR) is 117 cm³/mol. The lowest BCUT2D eigenvalue weighted by atomic mass is 10.1. The van der Waals surface area contributed by atoms with Gasteiger partial charge in [0.25, 0.3) is 5.89 Å². The van der Waals surface area contributed by atoms with Crippen molar-refractivity contribution >= 4 is 16.0 Å². The molecular weight excluding hydrogens is 430 g/mol. The highest BCUT2D eigenvalue weighted by Crippen LogP contribution is 2.24. The van der Waals surface area contributed by atoms with Crippen LogP contribution in [0.3, 0.4) is 0 Å². The number of hydrogen-bond donors (Lipinski definition) is 0.